The quantitative estimate of drug-likeness (QED) is 0.732. The fourth-order valence-corrected chi connectivity index (χ4v) is 2.04. The van der Waals surface area contributed by atoms with Crippen LogP contribution in [-0.4, -0.2) is 15.6 Å². The van der Waals surface area contributed by atoms with Gasteiger partial charge in [-0.2, -0.15) is 10.4 Å². The molecule has 4 nitrogen and oxygen atoms in total. The maximum Gasteiger partial charge on any atom is 0.166 e. The molecule has 0 saturated carbocycles. The normalized spacial score (nSPS) is 19.7. The average molecular weight is 203 g/mol. The average Bonchev–Trinajstić information content (AvgIpc) is 2.58. The number of hydrogen-bond donors (Lipinski definition) is 0. The summed E-state index contributed by atoms with van der Waals surface area (Å²) in [6.45, 7) is 2.66. The van der Waals surface area contributed by atoms with Gasteiger partial charge in [-0.05, 0) is 12.3 Å². The second-order valence-electron chi connectivity index (χ2n) is 4.07. The molecule has 2 rings (SSSR count). The fourth-order valence-electron chi connectivity index (χ4n) is 2.04. The molecule has 1 heterocycles. The van der Waals surface area contributed by atoms with Gasteiger partial charge in [0.1, 0.15) is 0 Å². The second-order valence-corrected chi connectivity index (χ2v) is 4.07. The molecule has 1 aromatic heterocycles. The highest BCUT2D eigenvalue weighted by Gasteiger charge is 2.25. The van der Waals surface area contributed by atoms with Gasteiger partial charge in [0, 0.05) is 12.1 Å². The summed E-state index contributed by atoms with van der Waals surface area (Å²) in [7, 11) is 0. The van der Waals surface area contributed by atoms with Crippen molar-refractivity contribution in [3.8, 4) is 6.07 Å². The Morgan fingerprint density at radius 2 is 2.47 bits per heavy atom. The minimum absolute atomic E-state index is 0.187. The molecule has 1 aromatic rings. The van der Waals surface area contributed by atoms with Crippen LogP contribution in [0.5, 0.6) is 0 Å². The number of Topliss-reactive ketones (excluding diaryl/α,β-unsaturated/α-hetero) is 1. The maximum atomic E-state index is 11.7. The lowest BCUT2D eigenvalue weighted by atomic mass is 9.88. The highest BCUT2D eigenvalue weighted by atomic mass is 16.1. The van der Waals surface area contributed by atoms with Gasteiger partial charge < -0.3 is 0 Å². The van der Waals surface area contributed by atoms with Crippen molar-refractivity contribution >= 4 is 5.78 Å². The fraction of sp³-hybridized carbons (Fsp3) is 0.545. The first-order valence-electron chi connectivity index (χ1n) is 5.17. The molecule has 1 atom stereocenters. The number of hydrogen-bond acceptors (Lipinski definition) is 3. The molecule has 0 aromatic carbocycles. The van der Waals surface area contributed by atoms with E-state index in [1.54, 1.807) is 10.9 Å². The van der Waals surface area contributed by atoms with Crippen LogP contribution in [0.1, 0.15) is 35.8 Å². The molecule has 4 heteroatoms. The van der Waals surface area contributed by atoms with Gasteiger partial charge in [0.05, 0.1) is 30.8 Å². The number of fused-ring (bicyclic) bond motifs is 1. The molecule has 0 radical (unpaired) electrons. The van der Waals surface area contributed by atoms with Gasteiger partial charge >= 0.3 is 0 Å². The number of carbonyl (C=O) groups excluding carboxylic acids is 1. The highest BCUT2D eigenvalue weighted by molar-refractivity contribution is 5.98. The number of carbonyl (C=O) groups is 1. The third-order valence-electron chi connectivity index (χ3n) is 2.76. The van der Waals surface area contributed by atoms with E-state index in [9.17, 15) is 4.79 Å². The summed E-state index contributed by atoms with van der Waals surface area (Å²) < 4.78 is 1.80. The first-order valence-corrected chi connectivity index (χ1v) is 5.17. The lowest BCUT2D eigenvalue weighted by Gasteiger charge is -2.18. The lowest BCUT2D eigenvalue weighted by Crippen LogP contribution is -2.19. The summed E-state index contributed by atoms with van der Waals surface area (Å²) in [4.78, 5) is 11.7. The molecule has 1 unspecified atom stereocenters. The van der Waals surface area contributed by atoms with Crippen LogP contribution in [0.3, 0.4) is 0 Å². The number of ketones is 1. The highest BCUT2D eigenvalue weighted by Crippen LogP contribution is 2.24. The van der Waals surface area contributed by atoms with E-state index < -0.39 is 0 Å². The predicted octanol–water partition coefficient (Wildman–Crippen LogP) is 1.56. The van der Waals surface area contributed by atoms with E-state index in [0.29, 0.717) is 25.3 Å². The van der Waals surface area contributed by atoms with Gasteiger partial charge in [-0.15, -0.1) is 0 Å². The molecule has 0 bridgehead atoms. The monoisotopic (exact) mass is 203 g/mol. The SMILES string of the molecule is CC1CC(=O)c2cnn(CCC#N)c2C1. The Balaban J connectivity index is 2.29. The van der Waals surface area contributed by atoms with Crippen LogP contribution in [0.15, 0.2) is 6.20 Å². The molecule has 0 spiro atoms. The Morgan fingerprint density at radius 1 is 1.67 bits per heavy atom. The molecular weight excluding hydrogens is 190 g/mol. The van der Waals surface area contributed by atoms with Crippen LogP contribution in [0.25, 0.3) is 0 Å². The van der Waals surface area contributed by atoms with Crippen molar-refractivity contribution in [2.24, 2.45) is 5.92 Å². The zero-order valence-electron chi connectivity index (χ0n) is 8.73. The minimum atomic E-state index is 0.187. The Bertz CT molecular complexity index is 428. The molecule has 78 valence electrons. The van der Waals surface area contributed by atoms with Crippen LogP contribution >= 0.6 is 0 Å². The molecule has 0 aliphatic heterocycles. The smallest absolute Gasteiger partial charge is 0.166 e. The van der Waals surface area contributed by atoms with Gasteiger partial charge in [-0.3, -0.25) is 9.48 Å². The molecule has 1 aliphatic rings. The number of aromatic nitrogens is 2. The number of nitriles is 1. The van der Waals surface area contributed by atoms with Crippen molar-refractivity contribution in [1.29, 1.82) is 5.26 Å². The van der Waals surface area contributed by atoms with Crippen molar-refractivity contribution in [3.63, 3.8) is 0 Å². The third kappa shape index (κ3) is 1.78. The van der Waals surface area contributed by atoms with E-state index in [1.165, 1.54) is 0 Å². The first kappa shape index (κ1) is 9.91. The summed E-state index contributed by atoms with van der Waals surface area (Å²) >= 11 is 0. The lowest BCUT2D eigenvalue weighted by molar-refractivity contribution is 0.0952. The molecule has 0 saturated heterocycles. The van der Waals surface area contributed by atoms with Crippen LogP contribution < -0.4 is 0 Å². The van der Waals surface area contributed by atoms with E-state index in [0.717, 1.165) is 17.7 Å². The van der Waals surface area contributed by atoms with Crippen LogP contribution in [-0.2, 0) is 13.0 Å². The number of nitrogens with zero attached hydrogens (tertiary/aromatic N) is 3. The van der Waals surface area contributed by atoms with Gasteiger partial charge in [0.2, 0.25) is 0 Å². The Morgan fingerprint density at radius 3 is 3.20 bits per heavy atom. The summed E-state index contributed by atoms with van der Waals surface area (Å²) in [5, 5.41) is 12.7. The zero-order chi connectivity index (χ0) is 10.8. The van der Waals surface area contributed by atoms with Crippen LogP contribution in [0.2, 0.25) is 0 Å². The van der Waals surface area contributed by atoms with E-state index in [4.69, 9.17) is 5.26 Å². The van der Waals surface area contributed by atoms with Crippen molar-refractivity contribution in [1.82, 2.24) is 9.78 Å². The Labute approximate surface area is 88.5 Å². The molecular formula is C11H13N3O. The Kier molecular flexibility index (Phi) is 2.55. The summed E-state index contributed by atoms with van der Waals surface area (Å²) in [5.74, 6) is 0.578. The first-order chi connectivity index (χ1) is 7.22. The van der Waals surface area contributed by atoms with Gasteiger partial charge in [-0.25, -0.2) is 0 Å². The van der Waals surface area contributed by atoms with Crippen molar-refractivity contribution < 1.29 is 4.79 Å². The molecule has 0 fully saturated rings. The summed E-state index contributed by atoms with van der Waals surface area (Å²) in [6.07, 6.45) is 3.60. The number of rotatable bonds is 2. The topological polar surface area (TPSA) is 58.7 Å². The van der Waals surface area contributed by atoms with Crippen LogP contribution in [0.4, 0.5) is 0 Å². The van der Waals surface area contributed by atoms with E-state index in [1.807, 2.05) is 0 Å². The summed E-state index contributed by atoms with van der Waals surface area (Å²) in [6, 6.07) is 2.09. The van der Waals surface area contributed by atoms with Crippen molar-refractivity contribution in [2.45, 2.75) is 32.7 Å². The zero-order valence-corrected chi connectivity index (χ0v) is 8.73. The van der Waals surface area contributed by atoms with E-state index in [2.05, 4.69) is 18.1 Å². The molecule has 0 N–H and O–H groups in total. The van der Waals surface area contributed by atoms with Gasteiger partial charge in [-0.1, -0.05) is 6.92 Å². The maximum absolute atomic E-state index is 11.7. The van der Waals surface area contributed by atoms with Crippen molar-refractivity contribution in [2.75, 3.05) is 0 Å². The molecule has 1 aliphatic carbocycles. The van der Waals surface area contributed by atoms with Crippen LogP contribution in [0, 0.1) is 17.2 Å². The second kappa shape index (κ2) is 3.85. The predicted molar refractivity (Wildman–Crippen MR) is 54.3 cm³/mol. The minimum Gasteiger partial charge on any atom is -0.294 e. The van der Waals surface area contributed by atoms with Gasteiger partial charge in [0.25, 0.3) is 0 Å². The van der Waals surface area contributed by atoms with Crippen molar-refractivity contribution in [3.05, 3.63) is 17.5 Å². The standard InChI is InChI=1S/C11H13N3O/c1-8-5-10-9(11(15)6-8)7-13-14(10)4-2-3-12/h7-8H,2,4-6H2,1H3. The number of aryl methyl sites for hydroxylation is 1. The van der Waals surface area contributed by atoms with E-state index >= 15 is 0 Å². The molecule has 15 heavy (non-hydrogen) atoms. The summed E-state index contributed by atoms with van der Waals surface area (Å²) in [5.41, 5.74) is 1.76. The molecule has 0 amide bonds. The van der Waals surface area contributed by atoms with E-state index in [-0.39, 0.29) is 5.78 Å². The van der Waals surface area contributed by atoms with Gasteiger partial charge in [0.15, 0.2) is 5.78 Å². The Hall–Kier alpha value is -1.63. The third-order valence-corrected chi connectivity index (χ3v) is 2.76. The largest absolute Gasteiger partial charge is 0.294 e.